The molecular formula is C14H17F3N2O. The summed E-state index contributed by atoms with van der Waals surface area (Å²) in [6.45, 7) is 1.92. The SMILES string of the molecule is O=Cc1c(F)cc(NC2CCN(CCCF)C2)cc1F. The molecule has 1 aromatic carbocycles. The first-order valence-electron chi connectivity index (χ1n) is 6.63. The number of carbonyl (C=O) groups excluding carboxylic acids is 1. The highest BCUT2D eigenvalue weighted by molar-refractivity contribution is 5.76. The average molecular weight is 286 g/mol. The van der Waals surface area contributed by atoms with Crippen LogP contribution >= 0.6 is 0 Å². The molecule has 2 rings (SSSR count). The quantitative estimate of drug-likeness (QED) is 0.816. The number of anilines is 1. The lowest BCUT2D eigenvalue weighted by molar-refractivity contribution is 0.111. The summed E-state index contributed by atoms with van der Waals surface area (Å²) >= 11 is 0. The maximum atomic E-state index is 13.5. The van der Waals surface area contributed by atoms with Crippen molar-refractivity contribution in [1.29, 1.82) is 0 Å². The van der Waals surface area contributed by atoms with E-state index >= 15 is 0 Å². The van der Waals surface area contributed by atoms with Crippen molar-refractivity contribution in [2.24, 2.45) is 0 Å². The fourth-order valence-electron chi connectivity index (χ4n) is 2.45. The summed E-state index contributed by atoms with van der Waals surface area (Å²) in [6.07, 6.45) is 1.51. The Morgan fingerprint density at radius 1 is 1.35 bits per heavy atom. The molecule has 3 nitrogen and oxygen atoms in total. The van der Waals surface area contributed by atoms with E-state index in [-0.39, 0.29) is 19.0 Å². The Morgan fingerprint density at radius 2 is 2.05 bits per heavy atom. The number of nitrogens with zero attached hydrogens (tertiary/aromatic N) is 1. The monoisotopic (exact) mass is 286 g/mol. The molecule has 1 fully saturated rings. The van der Waals surface area contributed by atoms with Gasteiger partial charge in [0, 0.05) is 31.4 Å². The lowest BCUT2D eigenvalue weighted by Gasteiger charge is -2.17. The van der Waals surface area contributed by atoms with Gasteiger partial charge in [0.1, 0.15) is 11.6 Å². The van der Waals surface area contributed by atoms with Crippen LogP contribution < -0.4 is 5.32 Å². The van der Waals surface area contributed by atoms with Crippen LogP contribution in [-0.4, -0.2) is 43.5 Å². The Kier molecular flexibility index (Phi) is 5.00. The lowest BCUT2D eigenvalue weighted by Crippen LogP contribution is -2.27. The molecule has 1 unspecified atom stereocenters. The van der Waals surface area contributed by atoms with Crippen molar-refractivity contribution in [1.82, 2.24) is 4.90 Å². The Balaban J connectivity index is 1.96. The van der Waals surface area contributed by atoms with Gasteiger partial charge in [0.25, 0.3) is 0 Å². The van der Waals surface area contributed by atoms with E-state index < -0.39 is 17.2 Å². The normalized spacial score (nSPS) is 19.2. The first kappa shape index (κ1) is 14.8. The first-order chi connectivity index (χ1) is 9.63. The summed E-state index contributed by atoms with van der Waals surface area (Å²) in [5.74, 6) is -1.73. The van der Waals surface area contributed by atoms with Gasteiger partial charge < -0.3 is 10.2 Å². The van der Waals surface area contributed by atoms with Crippen molar-refractivity contribution in [3.63, 3.8) is 0 Å². The minimum Gasteiger partial charge on any atom is -0.381 e. The summed E-state index contributed by atoms with van der Waals surface area (Å²) in [5, 5.41) is 3.05. The van der Waals surface area contributed by atoms with Crippen LogP contribution in [0.5, 0.6) is 0 Å². The molecule has 6 heteroatoms. The third-order valence-corrected chi connectivity index (χ3v) is 3.45. The number of carbonyl (C=O) groups is 1. The molecule has 0 saturated carbocycles. The van der Waals surface area contributed by atoms with Gasteiger partial charge in [-0.1, -0.05) is 0 Å². The standard InChI is InChI=1S/C14H17F3N2O/c15-3-1-4-19-5-2-10(8-19)18-11-6-13(16)12(9-20)14(17)7-11/h6-7,9-10,18H,1-5,8H2. The van der Waals surface area contributed by atoms with E-state index in [9.17, 15) is 18.0 Å². The molecule has 1 aromatic rings. The van der Waals surface area contributed by atoms with Gasteiger partial charge in [-0.25, -0.2) is 8.78 Å². The molecule has 1 heterocycles. The molecule has 20 heavy (non-hydrogen) atoms. The lowest BCUT2D eigenvalue weighted by atomic mass is 10.1. The van der Waals surface area contributed by atoms with E-state index in [0.717, 1.165) is 31.6 Å². The van der Waals surface area contributed by atoms with Crippen molar-refractivity contribution >= 4 is 12.0 Å². The number of hydrogen-bond donors (Lipinski definition) is 1. The second kappa shape index (κ2) is 6.74. The van der Waals surface area contributed by atoms with Gasteiger partial charge in [-0.15, -0.1) is 0 Å². The molecule has 0 bridgehead atoms. The summed E-state index contributed by atoms with van der Waals surface area (Å²) in [7, 11) is 0. The van der Waals surface area contributed by atoms with Crippen LogP contribution in [-0.2, 0) is 0 Å². The van der Waals surface area contributed by atoms with Crippen LogP contribution in [0.3, 0.4) is 0 Å². The fraction of sp³-hybridized carbons (Fsp3) is 0.500. The maximum absolute atomic E-state index is 13.5. The van der Waals surface area contributed by atoms with Gasteiger partial charge in [0.05, 0.1) is 12.2 Å². The summed E-state index contributed by atoms with van der Waals surface area (Å²) in [5.41, 5.74) is -0.227. The van der Waals surface area contributed by atoms with E-state index in [1.165, 1.54) is 0 Å². The Morgan fingerprint density at radius 3 is 2.65 bits per heavy atom. The van der Waals surface area contributed by atoms with Crippen LogP contribution in [0.2, 0.25) is 0 Å². The van der Waals surface area contributed by atoms with Gasteiger partial charge in [-0.2, -0.15) is 0 Å². The molecule has 110 valence electrons. The van der Waals surface area contributed by atoms with E-state index in [0.29, 0.717) is 18.7 Å². The van der Waals surface area contributed by atoms with E-state index in [1.807, 2.05) is 0 Å². The van der Waals surface area contributed by atoms with Crippen LogP contribution in [0.15, 0.2) is 12.1 Å². The number of halogens is 3. The minimum absolute atomic E-state index is 0.0792. The van der Waals surface area contributed by atoms with Crippen molar-refractivity contribution < 1.29 is 18.0 Å². The third kappa shape index (κ3) is 3.50. The zero-order chi connectivity index (χ0) is 14.5. The highest BCUT2D eigenvalue weighted by Crippen LogP contribution is 2.21. The number of likely N-dealkylation sites (tertiary alicyclic amines) is 1. The zero-order valence-corrected chi connectivity index (χ0v) is 11.0. The van der Waals surface area contributed by atoms with Gasteiger partial charge in [-0.3, -0.25) is 9.18 Å². The average Bonchev–Trinajstić information content (AvgIpc) is 2.83. The summed E-state index contributed by atoms with van der Waals surface area (Å²) in [4.78, 5) is 12.6. The number of rotatable bonds is 6. The third-order valence-electron chi connectivity index (χ3n) is 3.45. The van der Waals surface area contributed by atoms with Crippen LogP contribution in [0.4, 0.5) is 18.9 Å². The fourth-order valence-corrected chi connectivity index (χ4v) is 2.45. The van der Waals surface area contributed by atoms with Gasteiger partial charge in [0.15, 0.2) is 6.29 Å². The van der Waals surface area contributed by atoms with Crippen molar-refractivity contribution in [2.75, 3.05) is 31.6 Å². The maximum Gasteiger partial charge on any atom is 0.155 e. The predicted octanol–water partition coefficient (Wildman–Crippen LogP) is 2.62. The van der Waals surface area contributed by atoms with E-state index in [1.54, 1.807) is 0 Å². The first-order valence-corrected chi connectivity index (χ1v) is 6.63. The van der Waals surface area contributed by atoms with Crippen LogP contribution in [0, 0.1) is 11.6 Å². The van der Waals surface area contributed by atoms with Crippen LogP contribution in [0.1, 0.15) is 23.2 Å². The van der Waals surface area contributed by atoms with Gasteiger partial charge in [-0.05, 0) is 25.0 Å². The van der Waals surface area contributed by atoms with Crippen LogP contribution in [0.25, 0.3) is 0 Å². The second-order valence-corrected chi connectivity index (χ2v) is 4.94. The molecular weight excluding hydrogens is 269 g/mol. The Labute approximate surface area is 115 Å². The second-order valence-electron chi connectivity index (χ2n) is 4.94. The Hall–Kier alpha value is -1.56. The largest absolute Gasteiger partial charge is 0.381 e. The topological polar surface area (TPSA) is 32.3 Å². The molecule has 1 N–H and O–H groups in total. The molecule has 0 radical (unpaired) electrons. The number of benzene rings is 1. The predicted molar refractivity (Wildman–Crippen MR) is 70.8 cm³/mol. The van der Waals surface area contributed by atoms with Crippen molar-refractivity contribution in [3.05, 3.63) is 29.3 Å². The highest BCUT2D eigenvalue weighted by atomic mass is 19.1. The molecule has 0 aliphatic carbocycles. The Bertz CT molecular complexity index is 458. The number of hydrogen-bond acceptors (Lipinski definition) is 3. The molecule has 0 spiro atoms. The van der Waals surface area contributed by atoms with Crippen molar-refractivity contribution in [3.8, 4) is 0 Å². The number of alkyl halides is 1. The molecule has 1 aliphatic heterocycles. The van der Waals surface area contributed by atoms with Gasteiger partial charge in [0.2, 0.25) is 0 Å². The van der Waals surface area contributed by atoms with Crippen molar-refractivity contribution in [2.45, 2.75) is 18.9 Å². The molecule has 0 aromatic heterocycles. The summed E-state index contributed by atoms with van der Waals surface area (Å²) < 4.78 is 39.0. The minimum atomic E-state index is -0.866. The zero-order valence-electron chi connectivity index (χ0n) is 11.0. The van der Waals surface area contributed by atoms with E-state index in [2.05, 4.69) is 10.2 Å². The summed E-state index contributed by atoms with van der Waals surface area (Å²) in [6, 6.07) is 2.32. The number of aldehydes is 1. The highest BCUT2D eigenvalue weighted by Gasteiger charge is 2.22. The molecule has 1 aliphatic rings. The van der Waals surface area contributed by atoms with E-state index in [4.69, 9.17) is 0 Å². The number of nitrogens with one attached hydrogen (secondary N) is 1. The van der Waals surface area contributed by atoms with Gasteiger partial charge >= 0.3 is 0 Å². The molecule has 0 amide bonds. The molecule has 1 atom stereocenters. The molecule has 1 saturated heterocycles. The smallest absolute Gasteiger partial charge is 0.155 e.